The van der Waals surface area contributed by atoms with Crippen molar-refractivity contribution in [2.75, 3.05) is 13.1 Å². The lowest BCUT2D eigenvalue weighted by molar-refractivity contribution is -0.132. The van der Waals surface area contributed by atoms with Gasteiger partial charge in [-0.3, -0.25) is 4.79 Å². The van der Waals surface area contributed by atoms with Crippen LogP contribution in [0.2, 0.25) is 0 Å². The van der Waals surface area contributed by atoms with E-state index in [0.29, 0.717) is 5.82 Å². The second kappa shape index (κ2) is 6.13. The third-order valence-electron chi connectivity index (χ3n) is 4.07. The zero-order chi connectivity index (χ0) is 18.2. The van der Waals surface area contributed by atoms with Gasteiger partial charge in [0.05, 0.1) is 31.5 Å². The molecule has 0 radical (unpaired) electrons. The molecule has 1 atom stereocenters. The number of hydrogen-bond donors (Lipinski definition) is 3. The van der Waals surface area contributed by atoms with Crippen molar-refractivity contribution in [1.82, 2.24) is 25.0 Å². The fourth-order valence-corrected chi connectivity index (χ4v) is 2.55. The van der Waals surface area contributed by atoms with E-state index in [2.05, 4.69) is 15.4 Å². The highest BCUT2D eigenvalue weighted by Gasteiger charge is 2.48. The van der Waals surface area contributed by atoms with Crippen LogP contribution in [0.5, 0.6) is 0 Å². The number of amides is 2. The summed E-state index contributed by atoms with van der Waals surface area (Å²) >= 11 is 0. The van der Waals surface area contributed by atoms with Gasteiger partial charge in [-0.25, -0.2) is 18.9 Å². The van der Waals surface area contributed by atoms with E-state index in [1.54, 1.807) is 25.3 Å². The summed E-state index contributed by atoms with van der Waals surface area (Å²) in [4.78, 5) is 28.3. The Bertz CT molecular complexity index is 800. The molecule has 2 aromatic heterocycles. The largest absolute Gasteiger partial charge is 0.465 e. The standard InChI is InChI=1S/C15H17FN6O3/c1-9(20-13(23)15(17)7-21(8-15)14(24)25)10-2-3-12(18-4-10)22-6-11(16)5-19-22/h2-6,9H,7-8,17H2,1H3,(H,20,23)(H,24,25)/t9-/m0/s1. The number of halogens is 1. The van der Waals surface area contributed by atoms with Crippen LogP contribution in [0.4, 0.5) is 9.18 Å². The van der Waals surface area contributed by atoms with Crippen LogP contribution in [-0.4, -0.2) is 55.4 Å². The third-order valence-corrected chi connectivity index (χ3v) is 4.07. The lowest BCUT2D eigenvalue weighted by Gasteiger charge is -2.44. The van der Waals surface area contributed by atoms with Crippen LogP contribution >= 0.6 is 0 Å². The van der Waals surface area contributed by atoms with Gasteiger partial charge in [-0.15, -0.1) is 0 Å². The molecule has 0 saturated carbocycles. The van der Waals surface area contributed by atoms with Crippen LogP contribution in [-0.2, 0) is 4.79 Å². The van der Waals surface area contributed by atoms with Gasteiger partial charge in [0.2, 0.25) is 5.91 Å². The predicted octanol–water partition coefficient (Wildman–Crippen LogP) is 0.275. The van der Waals surface area contributed by atoms with Gasteiger partial charge < -0.3 is 21.1 Å². The fraction of sp³-hybridized carbons (Fsp3) is 0.333. The van der Waals surface area contributed by atoms with E-state index in [1.807, 2.05) is 0 Å². The highest BCUT2D eigenvalue weighted by atomic mass is 19.1. The number of carbonyl (C=O) groups excluding carboxylic acids is 1. The Morgan fingerprint density at radius 2 is 2.12 bits per heavy atom. The topological polar surface area (TPSA) is 126 Å². The van der Waals surface area contributed by atoms with Gasteiger partial charge in [0.25, 0.3) is 0 Å². The maximum Gasteiger partial charge on any atom is 0.407 e. The minimum absolute atomic E-state index is 0.0388. The number of hydrogen-bond acceptors (Lipinski definition) is 5. The number of rotatable bonds is 4. The third kappa shape index (κ3) is 3.29. The van der Waals surface area contributed by atoms with Crippen molar-refractivity contribution >= 4 is 12.0 Å². The number of carbonyl (C=O) groups is 2. The molecule has 1 fully saturated rings. The first-order valence-electron chi connectivity index (χ1n) is 7.53. The van der Waals surface area contributed by atoms with Gasteiger partial charge in [-0.05, 0) is 18.6 Å². The van der Waals surface area contributed by atoms with Gasteiger partial charge in [0, 0.05) is 6.20 Å². The molecule has 1 saturated heterocycles. The van der Waals surface area contributed by atoms with E-state index < -0.39 is 23.4 Å². The molecule has 0 aliphatic carbocycles. The predicted molar refractivity (Wildman–Crippen MR) is 84.4 cm³/mol. The highest BCUT2D eigenvalue weighted by Crippen LogP contribution is 2.21. The van der Waals surface area contributed by atoms with Crippen molar-refractivity contribution in [3.8, 4) is 5.82 Å². The van der Waals surface area contributed by atoms with E-state index in [1.165, 1.54) is 10.9 Å². The SMILES string of the molecule is C[C@H](NC(=O)C1(N)CN(C(=O)O)C1)c1ccc(-n2cc(F)cn2)nc1. The number of nitrogens with two attached hydrogens (primary N) is 1. The molecule has 0 unspecified atom stereocenters. The summed E-state index contributed by atoms with van der Waals surface area (Å²) in [7, 11) is 0. The Labute approximate surface area is 142 Å². The number of nitrogens with one attached hydrogen (secondary N) is 1. The average molecular weight is 348 g/mol. The monoisotopic (exact) mass is 348 g/mol. The minimum atomic E-state index is -1.22. The number of nitrogens with zero attached hydrogens (tertiary/aromatic N) is 4. The molecule has 4 N–H and O–H groups in total. The van der Waals surface area contributed by atoms with Crippen molar-refractivity contribution in [3.63, 3.8) is 0 Å². The van der Waals surface area contributed by atoms with Crippen molar-refractivity contribution in [2.45, 2.75) is 18.5 Å². The molecular weight excluding hydrogens is 331 g/mol. The maximum atomic E-state index is 13.0. The first-order valence-corrected chi connectivity index (χ1v) is 7.53. The molecule has 1 aliphatic heterocycles. The Morgan fingerprint density at radius 1 is 1.40 bits per heavy atom. The van der Waals surface area contributed by atoms with Crippen LogP contribution in [0.1, 0.15) is 18.5 Å². The molecule has 0 aromatic carbocycles. The average Bonchev–Trinajstić information content (AvgIpc) is 2.98. The first-order chi connectivity index (χ1) is 11.8. The summed E-state index contributed by atoms with van der Waals surface area (Å²) in [5.41, 5.74) is 5.43. The Morgan fingerprint density at radius 3 is 2.64 bits per heavy atom. The van der Waals surface area contributed by atoms with Gasteiger partial charge in [-0.2, -0.15) is 5.10 Å². The first kappa shape index (κ1) is 16.8. The Hall–Kier alpha value is -3.01. The minimum Gasteiger partial charge on any atom is -0.465 e. The lowest BCUT2D eigenvalue weighted by Crippen LogP contribution is -2.74. The summed E-state index contributed by atoms with van der Waals surface area (Å²) in [5.74, 6) is -0.441. The van der Waals surface area contributed by atoms with Crippen molar-refractivity contribution in [3.05, 3.63) is 42.1 Å². The lowest BCUT2D eigenvalue weighted by atomic mass is 9.90. The molecule has 132 valence electrons. The number of aromatic nitrogens is 3. The van der Waals surface area contributed by atoms with E-state index in [-0.39, 0.29) is 19.1 Å². The highest BCUT2D eigenvalue weighted by molar-refractivity contribution is 5.90. The maximum absolute atomic E-state index is 13.0. The molecule has 2 aromatic rings. The van der Waals surface area contributed by atoms with Crippen LogP contribution in [0.15, 0.2) is 30.7 Å². The molecule has 3 heterocycles. The molecule has 10 heteroatoms. The Balaban J connectivity index is 1.62. The summed E-state index contributed by atoms with van der Waals surface area (Å²) in [6, 6.07) is 3.01. The molecule has 2 amide bonds. The van der Waals surface area contributed by atoms with Crippen LogP contribution < -0.4 is 11.1 Å². The van der Waals surface area contributed by atoms with E-state index in [9.17, 15) is 14.0 Å². The summed E-state index contributed by atoms with van der Waals surface area (Å²) in [6.45, 7) is 1.69. The van der Waals surface area contributed by atoms with Crippen molar-refractivity contribution in [1.29, 1.82) is 0 Å². The summed E-state index contributed by atoms with van der Waals surface area (Å²) in [5, 5.41) is 15.4. The zero-order valence-corrected chi connectivity index (χ0v) is 13.4. The molecule has 0 bridgehead atoms. The smallest absolute Gasteiger partial charge is 0.407 e. The van der Waals surface area contributed by atoms with Crippen molar-refractivity contribution < 1.29 is 19.1 Å². The second-order valence-electron chi connectivity index (χ2n) is 6.04. The summed E-state index contributed by atoms with van der Waals surface area (Å²) < 4.78 is 14.3. The van der Waals surface area contributed by atoms with E-state index in [4.69, 9.17) is 10.8 Å². The zero-order valence-electron chi connectivity index (χ0n) is 13.4. The van der Waals surface area contributed by atoms with Crippen LogP contribution in [0.3, 0.4) is 0 Å². The van der Waals surface area contributed by atoms with Gasteiger partial charge in [0.1, 0.15) is 5.54 Å². The Kier molecular flexibility index (Phi) is 4.13. The molecule has 9 nitrogen and oxygen atoms in total. The number of carboxylic acid groups (broad SMARTS) is 1. The van der Waals surface area contributed by atoms with E-state index >= 15 is 0 Å². The van der Waals surface area contributed by atoms with Crippen LogP contribution in [0.25, 0.3) is 5.82 Å². The number of likely N-dealkylation sites (tertiary alicyclic amines) is 1. The van der Waals surface area contributed by atoms with E-state index in [0.717, 1.165) is 16.7 Å². The van der Waals surface area contributed by atoms with Gasteiger partial charge >= 0.3 is 6.09 Å². The quantitative estimate of drug-likeness (QED) is 0.728. The van der Waals surface area contributed by atoms with Gasteiger partial charge in [0.15, 0.2) is 11.6 Å². The molecule has 3 rings (SSSR count). The normalized spacial score (nSPS) is 16.8. The number of pyridine rings is 1. The molecule has 1 aliphatic rings. The molecular formula is C15H17FN6O3. The molecule has 0 spiro atoms. The van der Waals surface area contributed by atoms with Gasteiger partial charge in [-0.1, -0.05) is 6.07 Å². The second-order valence-corrected chi connectivity index (χ2v) is 6.04. The fourth-order valence-electron chi connectivity index (χ4n) is 2.55. The summed E-state index contributed by atoms with van der Waals surface area (Å²) in [6.07, 6.45) is 2.73. The van der Waals surface area contributed by atoms with Crippen LogP contribution in [0, 0.1) is 5.82 Å². The molecule has 25 heavy (non-hydrogen) atoms. The van der Waals surface area contributed by atoms with Crippen molar-refractivity contribution in [2.24, 2.45) is 5.73 Å².